The summed E-state index contributed by atoms with van der Waals surface area (Å²) in [6, 6.07) is 4.71. The maximum absolute atomic E-state index is 12.8. The lowest BCUT2D eigenvalue weighted by Crippen LogP contribution is -2.59. The zero-order chi connectivity index (χ0) is 25.2. The van der Waals surface area contributed by atoms with Crippen LogP contribution in [0.1, 0.15) is 39.5 Å². The third-order valence-electron chi connectivity index (χ3n) is 5.22. The second-order valence-electron chi connectivity index (χ2n) is 9.65. The van der Waals surface area contributed by atoms with Gasteiger partial charge in [0.1, 0.15) is 5.60 Å². The number of anilines is 1. The van der Waals surface area contributed by atoms with Crippen LogP contribution in [-0.4, -0.2) is 60.3 Å². The molecule has 10 heteroatoms. The van der Waals surface area contributed by atoms with Crippen molar-refractivity contribution in [2.45, 2.75) is 52.7 Å². The molecule has 3 rings (SSSR count). The molecule has 0 aliphatic carbocycles. The Balaban J connectivity index is 1.92. The third-order valence-corrected chi connectivity index (χ3v) is 7.10. The van der Waals surface area contributed by atoms with E-state index in [1.165, 1.54) is 12.0 Å². The number of aromatic nitrogens is 1. The minimum atomic E-state index is -0.792. The van der Waals surface area contributed by atoms with Crippen molar-refractivity contribution < 1.29 is 19.1 Å². The molecule has 0 bridgehead atoms. The number of halogens is 2. The zero-order valence-corrected chi connectivity index (χ0v) is 22.7. The number of thiazole rings is 1. The molecule has 186 valence electrons. The quantitative estimate of drug-likeness (QED) is 0.449. The van der Waals surface area contributed by atoms with Crippen LogP contribution in [0, 0.1) is 5.92 Å². The molecule has 0 N–H and O–H groups in total. The molecule has 1 aromatic heterocycles. The first-order valence-electron chi connectivity index (χ1n) is 11.2. The first-order chi connectivity index (χ1) is 15.9. The topological polar surface area (TPSA) is 72.0 Å². The molecular formula is C24H31Cl2N3O4S. The molecule has 2 aromatic rings. The number of ether oxygens (including phenoxy) is 2. The van der Waals surface area contributed by atoms with Gasteiger partial charge in [-0.1, -0.05) is 43.1 Å². The summed E-state index contributed by atoms with van der Waals surface area (Å²) in [5, 5.41) is 1.75. The molecule has 0 radical (unpaired) electrons. The lowest BCUT2D eigenvalue weighted by Gasteiger charge is -2.40. The Bertz CT molecular complexity index is 1050. The lowest BCUT2D eigenvalue weighted by atomic mass is 10.0. The van der Waals surface area contributed by atoms with Gasteiger partial charge in [0, 0.05) is 23.5 Å². The fraction of sp³-hybridized carbons (Fsp3) is 0.542. The summed E-state index contributed by atoms with van der Waals surface area (Å²) >= 11 is 14.0. The first kappa shape index (κ1) is 26.6. The number of nitrogens with zero attached hydrogens (tertiary/aromatic N) is 3. The smallest absolute Gasteiger partial charge is 0.411 e. The second kappa shape index (κ2) is 10.7. The van der Waals surface area contributed by atoms with Crippen molar-refractivity contribution in [1.29, 1.82) is 0 Å². The van der Waals surface area contributed by atoms with Crippen molar-refractivity contribution in [2.75, 3.05) is 31.6 Å². The number of benzene rings is 1. The van der Waals surface area contributed by atoms with E-state index in [0.717, 1.165) is 27.7 Å². The molecule has 1 unspecified atom stereocenters. The lowest BCUT2D eigenvalue weighted by molar-refractivity contribution is -0.147. The van der Waals surface area contributed by atoms with Gasteiger partial charge in [-0.3, -0.25) is 4.90 Å². The largest absolute Gasteiger partial charge is 0.467 e. The molecule has 34 heavy (non-hydrogen) atoms. The molecular weight excluding hydrogens is 497 g/mol. The molecule has 1 fully saturated rings. The van der Waals surface area contributed by atoms with E-state index in [0.29, 0.717) is 29.1 Å². The summed E-state index contributed by atoms with van der Waals surface area (Å²) < 4.78 is 10.5. The number of hydrogen-bond acceptors (Lipinski definition) is 7. The predicted molar refractivity (Wildman–Crippen MR) is 137 cm³/mol. The van der Waals surface area contributed by atoms with Crippen LogP contribution in [-0.2, 0) is 20.7 Å². The Morgan fingerprint density at radius 3 is 2.50 bits per heavy atom. The molecule has 1 saturated heterocycles. The van der Waals surface area contributed by atoms with Crippen molar-refractivity contribution in [3.63, 3.8) is 0 Å². The summed E-state index contributed by atoms with van der Waals surface area (Å²) in [5.41, 5.74) is 1.09. The van der Waals surface area contributed by atoms with Crippen molar-refractivity contribution in [2.24, 2.45) is 5.92 Å². The number of amides is 1. The summed E-state index contributed by atoms with van der Waals surface area (Å²) in [6.07, 6.45) is 0.324. The highest BCUT2D eigenvalue weighted by atomic mass is 35.5. The van der Waals surface area contributed by atoms with E-state index in [-0.39, 0.29) is 6.54 Å². The zero-order valence-electron chi connectivity index (χ0n) is 20.4. The minimum absolute atomic E-state index is 0.265. The number of hydrogen-bond donors (Lipinski definition) is 0. The van der Waals surface area contributed by atoms with Gasteiger partial charge in [-0.2, -0.15) is 0 Å². The Hall–Kier alpha value is -2.03. The average Bonchev–Trinajstić information content (AvgIpc) is 3.16. The van der Waals surface area contributed by atoms with Crippen LogP contribution in [0.2, 0.25) is 10.0 Å². The van der Waals surface area contributed by atoms with Gasteiger partial charge in [0.05, 0.1) is 29.4 Å². The molecule has 2 heterocycles. The molecule has 1 amide bonds. The van der Waals surface area contributed by atoms with Crippen molar-refractivity contribution in [1.82, 2.24) is 9.88 Å². The monoisotopic (exact) mass is 527 g/mol. The fourth-order valence-electron chi connectivity index (χ4n) is 3.69. The summed E-state index contributed by atoms with van der Waals surface area (Å²) in [6.45, 7) is 10.8. The third kappa shape index (κ3) is 6.34. The van der Waals surface area contributed by atoms with Crippen LogP contribution in [0.5, 0.6) is 0 Å². The Morgan fingerprint density at radius 1 is 1.21 bits per heavy atom. The van der Waals surface area contributed by atoms with Crippen LogP contribution >= 0.6 is 34.5 Å². The van der Waals surface area contributed by atoms with Crippen LogP contribution in [0.4, 0.5) is 9.93 Å². The van der Waals surface area contributed by atoms with E-state index in [4.69, 9.17) is 37.7 Å². The normalized spacial score (nSPS) is 16.7. The number of carbonyl (C=O) groups is 2. The number of esters is 1. The van der Waals surface area contributed by atoms with Gasteiger partial charge in [-0.05, 0) is 45.2 Å². The summed E-state index contributed by atoms with van der Waals surface area (Å²) in [4.78, 5) is 34.9. The van der Waals surface area contributed by atoms with Gasteiger partial charge in [0.2, 0.25) is 0 Å². The van der Waals surface area contributed by atoms with Gasteiger partial charge in [0.15, 0.2) is 11.2 Å². The molecule has 1 aliphatic heterocycles. The van der Waals surface area contributed by atoms with Gasteiger partial charge >= 0.3 is 12.1 Å². The Labute approximate surface area is 214 Å². The molecule has 0 spiro atoms. The summed E-state index contributed by atoms with van der Waals surface area (Å²) in [7, 11) is 1.32. The molecule has 1 atom stereocenters. The van der Waals surface area contributed by atoms with E-state index in [1.54, 1.807) is 38.2 Å². The van der Waals surface area contributed by atoms with Crippen molar-refractivity contribution >= 4 is 51.7 Å². The van der Waals surface area contributed by atoms with Crippen molar-refractivity contribution in [3.8, 4) is 11.3 Å². The van der Waals surface area contributed by atoms with E-state index < -0.39 is 23.7 Å². The van der Waals surface area contributed by atoms with Crippen LogP contribution < -0.4 is 4.90 Å². The highest BCUT2D eigenvalue weighted by molar-refractivity contribution is 7.16. The maximum atomic E-state index is 12.8. The Morgan fingerprint density at radius 2 is 1.91 bits per heavy atom. The van der Waals surface area contributed by atoms with E-state index in [1.807, 2.05) is 17.0 Å². The van der Waals surface area contributed by atoms with Gasteiger partial charge < -0.3 is 14.4 Å². The van der Waals surface area contributed by atoms with E-state index in [2.05, 4.69) is 13.8 Å². The molecule has 0 saturated carbocycles. The number of piperazine rings is 1. The predicted octanol–water partition coefficient (Wildman–Crippen LogP) is 5.91. The SMILES string of the molecule is COC(=O)C1CN(c2nc(-c3ccc(Cl)c(Cl)c3)c(CC(C)C)s2)CCN1C(=O)OC(C)(C)C. The number of methoxy groups -OCH3 is 1. The van der Waals surface area contributed by atoms with Gasteiger partial charge in [-0.25, -0.2) is 14.6 Å². The highest BCUT2D eigenvalue weighted by Crippen LogP contribution is 2.37. The van der Waals surface area contributed by atoms with Gasteiger partial charge in [-0.15, -0.1) is 11.3 Å². The van der Waals surface area contributed by atoms with E-state index >= 15 is 0 Å². The van der Waals surface area contributed by atoms with Crippen molar-refractivity contribution in [3.05, 3.63) is 33.1 Å². The number of rotatable bonds is 5. The first-order valence-corrected chi connectivity index (χ1v) is 12.7. The number of carbonyl (C=O) groups excluding carboxylic acids is 2. The molecule has 7 nitrogen and oxygen atoms in total. The minimum Gasteiger partial charge on any atom is -0.467 e. The average molecular weight is 529 g/mol. The standard InChI is InChI=1S/C24H31Cl2N3O4S/c1-14(2)11-19-20(15-7-8-16(25)17(26)12-15)27-22(34-19)28-9-10-29(18(13-28)21(30)32-6)23(31)33-24(3,4)5/h7-8,12,14,18H,9-11,13H2,1-6H3. The highest BCUT2D eigenvalue weighted by Gasteiger charge is 2.39. The Kier molecular flexibility index (Phi) is 8.37. The van der Waals surface area contributed by atoms with Crippen LogP contribution in [0.15, 0.2) is 18.2 Å². The molecule has 1 aromatic carbocycles. The van der Waals surface area contributed by atoms with Gasteiger partial charge in [0.25, 0.3) is 0 Å². The second-order valence-corrected chi connectivity index (χ2v) is 11.5. The summed E-state index contributed by atoms with van der Waals surface area (Å²) in [5.74, 6) is -0.0547. The fourth-order valence-corrected chi connectivity index (χ4v) is 5.31. The van der Waals surface area contributed by atoms with Crippen LogP contribution in [0.3, 0.4) is 0 Å². The van der Waals surface area contributed by atoms with E-state index in [9.17, 15) is 9.59 Å². The molecule has 1 aliphatic rings. The maximum Gasteiger partial charge on any atom is 0.411 e. The van der Waals surface area contributed by atoms with Crippen LogP contribution in [0.25, 0.3) is 11.3 Å².